The molecule has 0 spiro atoms. The number of β-amino-alcohol motifs (C(OH)–C–C–N with tert-alkyl or cyclic N) is 1. The van der Waals surface area contributed by atoms with Gasteiger partial charge < -0.3 is 20.3 Å². The first-order chi connectivity index (χ1) is 17.0. The van der Waals surface area contributed by atoms with Crippen molar-refractivity contribution in [3.63, 3.8) is 0 Å². The Morgan fingerprint density at radius 2 is 2.14 bits per heavy atom. The van der Waals surface area contributed by atoms with Gasteiger partial charge in [-0.1, -0.05) is 13.5 Å². The number of carbonyl (C=O) groups is 1. The SMILES string of the molecule is C=CC(=O)Nc1cc(-c2cnc3[nH]cc(-c4ccnc(CC)c4)c3c2)cc(N2CCC[C@@H](O)C2)n1. The number of carbonyl (C=O) groups excluding carboxylic acids is 1. The van der Waals surface area contributed by atoms with Gasteiger partial charge in [0.15, 0.2) is 0 Å². The smallest absolute Gasteiger partial charge is 0.248 e. The molecule has 5 heterocycles. The van der Waals surface area contributed by atoms with Crippen LogP contribution in [0.5, 0.6) is 0 Å². The average molecular weight is 469 g/mol. The molecule has 0 saturated carbocycles. The third-order valence-corrected chi connectivity index (χ3v) is 6.32. The number of aromatic amines is 1. The van der Waals surface area contributed by atoms with E-state index in [2.05, 4.69) is 55.8 Å². The third kappa shape index (κ3) is 4.79. The van der Waals surface area contributed by atoms with Gasteiger partial charge in [0.1, 0.15) is 17.3 Å². The van der Waals surface area contributed by atoms with Crippen molar-refractivity contribution in [3.8, 4) is 22.3 Å². The lowest BCUT2D eigenvalue weighted by Gasteiger charge is -2.31. The second kappa shape index (κ2) is 9.68. The first kappa shape index (κ1) is 22.7. The number of nitrogens with zero attached hydrogens (tertiary/aromatic N) is 4. The summed E-state index contributed by atoms with van der Waals surface area (Å²) in [6, 6.07) is 10.0. The number of amides is 1. The number of hydrogen-bond donors (Lipinski definition) is 3. The Morgan fingerprint density at radius 1 is 1.26 bits per heavy atom. The summed E-state index contributed by atoms with van der Waals surface area (Å²) in [6.07, 6.45) is 8.97. The maximum atomic E-state index is 12.0. The monoisotopic (exact) mass is 468 g/mol. The van der Waals surface area contributed by atoms with E-state index in [1.54, 1.807) is 0 Å². The Kier molecular flexibility index (Phi) is 6.29. The quantitative estimate of drug-likeness (QED) is 0.364. The molecule has 1 fully saturated rings. The zero-order chi connectivity index (χ0) is 24.4. The average Bonchev–Trinajstić information content (AvgIpc) is 3.32. The summed E-state index contributed by atoms with van der Waals surface area (Å²) in [5.74, 6) is 0.806. The zero-order valence-electron chi connectivity index (χ0n) is 19.7. The number of piperidine rings is 1. The van der Waals surface area contributed by atoms with E-state index in [0.29, 0.717) is 18.2 Å². The maximum absolute atomic E-state index is 12.0. The first-order valence-corrected chi connectivity index (χ1v) is 11.9. The number of rotatable bonds is 6. The van der Waals surface area contributed by atoms with Crippen molar-refractivity contribution in [2.75, 3.05) is 23.3 Å². The van der Waals surface area contributed by atoms with Crippen LogP contribution in [0.25, 0.3) is 33.3 Å². The van der Waals surface area contributed by atoms with E-state index < -0.39 is 6.10 Å². The molecule has 35 heavy (non-hydrogen) atoms. The van der Waals surface area contributed by atoms with Crippen LogP contribution >= 0.6 is 0 Å². The molecule has 178 valence electrons. The van der Waals surface area contributed by atoms with Gasteiger partial charge in [-0.25, -0.2) is 9.97 Å². The molecular weight excluding hydrogens is 440 g/mol. The molecule has 8 heteroatoms. The van der Waals surface area contributed by atoms with Gasteiger partial charge >= 0.3 is 0 Å². The fourth-order valence-electron chi connectivity index (χ4n) is 4.49. The summed E-state index contributed by atoms with van der Waals surface area (Å²) in [4.78, 5) is 31.1. The Bertz CT molecular complexity index is 1400. The summed E-state index contributed by atoms with van der Waals surface area (Å²) in [5, 5.41) is 14.0. The van der Waals surface area contributed by atoms with E-state index in [1.807, 2.05) is 36.8 Å². The lowest BCUT2D eigenvalue weighted by molar-refractivity contribution is -0.111. The van der Waals surface area contributed by atoms with Crippen LogP contribution in [-0.2, 0) is 11.2 Å². The molecule has 4 aromatic rings. The number of aryl methyl sites for hydroxylation is 1. The summed E-state index contributed by atoms with van der Waals surface area (Å²) in [6.45, 7) is 6.93. The van der Waals surface area contributed by atoms with Gasteiger partial charge in [-0.15, -0.1) is 0 Å². The van der Waals surface area contributed by atoms with Crippen LogP contribution in [-0.4, -0.2) is 50.1 Å². The zero-order valence-corrected chi connectivity index (χ0v) is 19.7. The number of fused-ring (bicyclic) bond motifs is 1. The van der Waals surface area contributed by atoms with Crippen molar-refractivity contribution in [2.45, 2.75) is 32.3 Å². The summed E-state index contributed by atoms with van der Waals surface area (Å²) in [5.41, 5.74) is 5.75. The van der Waals surface area contributed by atoms with E-state index in [0.717, 1.165) is 64.8 Å². The molecule has 1 saturated heterocycles. The lowest BCUT2D eigenvalue weighted by atomic mass is 10.0. The predicted molar refractivity (Wildman–Crippen MR) is 138 cm³/mol. The topological polar surface area (TPSA) is 107 Å². The van der Waals surface area contributed by atoms with Gasteiger partial charge in [0.05, 0.1) is 6.10 Å². The molecule has 1 aliphatic rings. The van der Waals surface area contributed by atoms with Crippen LogP contribution in [0.15, 0.2) is 61.6 Å². The second-order valence-electron chi connectivity index (χ2n) is 8.75. The van der Waals surface area contributed by atoms with Gasteiger partial charge in [-0.3, -0.25) is 9.78 Å². The summed E-state index contributed by atoms with van der Waals surface area (Å²) >= 11 is 0. The number of H-pyrrole nitrogens is 1. The number of nitrogens with one attached hydrogen (secondary N) is 2. The van der Waals surface area contributed by atoms with Gasteiger partial charge in [0, 0.05) is 53.9 Å². The Hall–Kier alpha value is -4.04. The number of aromatic nitrogens is 4. The number of pyridine rings is 3. The maximum Gasteiger partial charge on any atom is 0.248 e. The number of anilines is 2. The predicted octanol–water partition coefficient (Wildman–Crippen LogP) is 4.33. The molecule has 4 aromatic heterocycles. The third-order valence-electron chi connectivity index (χ3n) is 6.32. The van der Waals surface area contributed by atoms with Crippen molar-refractivity contribution in [2.24, 2.45) is 0 Å². The Balaban J connectivity index is 1.59. The molecule has 0 aliphatic carbocycles. The lowest BCUT2D eigenvalue weighted by Crippen LogP contribution is -2.38. The standard InChI is InChI=1S/C27H28N6O2/c1-3-20-10-17(7-8-28-20)23-15-30-27-22(23)11-19(14-29-27)18-12-24(32-26(35)4-2)31-25(13-18)33-9-5-6-21(34)16-33/h4,7-8,10-15,21,34H,2-3,5-6,9,16H2,1H3,(H,29,30)(H,31,32,35)/t21-/m1/s1. The molecule has 1 atom stereocenters. The summed E-state index contributed by atoms with van der Waals surface area (Å²) < 4.78 is 0. The van der Waals surface area contributed by atoms with Crippen molar-refractivity contribution < 1.29 is 9.90 Å². The number of aliphatic hydroxyl groups excluding tert-OH is 1. The minimum atomic E-state index is -0.394. The highest BCUT2D eigenvalue weighted by molar-refractivity contribution is 5.99. The molecule has 0 radical (unpaired) electrons. The molecule has 0 aromatic carbocycles. The minimum absolute atomic E-state index is 0.329. The van der Waals surface area contributed by atoms with E-state index in [-0.39, 0.29) is 5.91 Å². The minimum Gasteiger partial charge on any atom is -0.391 e. The van der Waals surface area contributed by atoms with Crippen molar-refractivity contribution >= 4 is 28.6 Å². The van der Waals surface area contributed by atoms with E-state index in [9.17, 15) is 9.90 Å². The van der Waals surface area contributed by atoms with Crippen LogP contribution in [0.1, 0.15) is 25.5 Å². The summed E-state index contributed by atoms with van der Waals surface area (Å²) in [7, 11) is 0. The normalized spacial score (nSPS) is 15.8. The van der Waals surface area contributed by atoms with Crippen LogP contribution in [0.3, 0.4) is 0 Å². The Labute approximate surface area is 203 Å². The molecule has 3 N–H and O–H groups in total. The van der Waals surface area contributed by atoms with Gasteiger partial charge in [-0.05, 0) is 66.8 Å². The van der Waals surface area contributed by atoms with E-state index >= 15 is 0 Å². The molecule has 0 bridgehead atoms. The highest BCUT2D eigenvalue weighted by Crippen LogP contribution is 2.33. The number of hydrogen-bond acceptors (Lipinski definition) is 6. The molecule has 0 unspecified atom stereocenters. The molecular formula is C27H28N6O2. The van der Waals surface area contributed by atoms with Gasteiger partial charge in [-0.2, -0.15) is 0 Å². The van der Waals surface area contributed by atoms with Gasteiger partial charge in [0.25, 0.3) is 0 Å². The van der Waals surface area contributed by atoms with Crippen molar-refractivity contribution in [3.05, 3.63) is 67.3 Å². The largest absolute Gasteiger partial charge is 0.391 e. The second-order valence-corrected chi connectivity index (χ2v) is 8.75. The van der Waals surface area contributed by atoms with Crippen LogP contribution in [0, 0.1) is 0 Å². The van der Waals surface area contributed by atoms with Crippen LogP contribution in [0.4, 0.5) is 11.6 Å². The molecule has 5 rings (SSSR count). The molecule has 1 aliphatic heterocycles. The van der Waals surface area contributed by atoms with Crippen molar-refractivity contribution in [1.29, 1.82) is 0 Å². The first-order valence-electron chi connectivity index (χ1n) is 11.9. The van der Waals surface area contributed by atoms with Gasteiger partial charge in [0.2, 0.25) is 5.91 Å². The van der Waals surface area contributed by atoms with Crippen LogP contribution < -0.4 is 10.2 Å². The van der Waals surface area contributed by atoms with Crippen LogP contribution in [0.2, 0.25) is 0 Å². The van der Waals surface area contributed by atoms with Crippen molar-refractivity contribution in [1.82, 2.24) is 19.9 Å². The van der Waals surface area contributed by atoms with E-state index in [4.69, 9.17) is 0 Å². The number of aliphatic hydroxyl groups is 1. The fourth-order valence-corrected chi connectivity index (χ4v) is 4.49. The highest BCUT2D eigenvalue weighted by Gasteiger charge is 2.20. The molecule has 8 nitrogen and oxygen atoms in total. The van der Waals surface area contributed by atoms with E-state index in [1.165, 1.54) is 6.08 Å². The molecule has 1 amide bonds. The fraction of sp³-hybridized carbons (Fsp3) is 0.259. The Morgan fingerprint density at radius 3 is 2.94 bits per heavy atom. The highest BCUT2D eigenvalue weighted by atomic mass is 16.3.